The van der Waals surface area contributed by atoms with Crippen LogP contribution in [0.3, 0.4) is 0 Å². The first-order valence-corrected chi connectivity index (χ1v) is 7.89. The molecule has 1 aliphatic rings. The Hall–Kier alpha value is -0.620. The Balaban J connectivity index is 2.37. The molecular formula is C11H22N2O3S. The van der Waals surface area contributed by atoms with Crippen molar-refractivity contribution in [1.29, 1.82) is 0 Å². The van der Waals surface area contributed by atoms with Gasteiger partial charge in [-0.25, -0.2) is 8.42 Å². The van der Waals surface area contributed by atoms with Gasteiger partial charge in [-0.05, 0) is 25.2 Å². The van der Waals surface area contributed by atoms with Gasteiger partial charge < -0.3 is 5.32 Å². The van der Waals surface area contributed by atoms with Crippen molar-refractivity contribution in [1.82, 2.24) is 9.62 Å². The van der Waals surface area contributed by atoms with Crippen LogP contribution < -0.4 is 5.32 Å². The highest BCUT2D eigenvalue weighted by Gasteiger charge is 2.36. The maximum absolute atomic E-state index is 11.6. The molecule has 1 N–H and O–H groups in total. The summed E-state index contributed by atoms with van der Waals surface area (Å²) in [4.78, 5) is 11.6. The Morgan fingerprint density at radius 2 is 2.00 bits per heavy atom. The molecule has 0 unspecified atom stereocenters. The first-order chi connectivity index (χ1) is 7.80. The summed E-state index contributed by atoms with van der Waals surface area (Å²) in [5.74, 6) is 0.327. The fourth-order valence-corrected chi connectivity index (χ4v) is 2.68. The SMILES string of the molecule is CC(C)CCNC(=O)CN(C1CC1)S(C)(=O)=O. The van der Waals surface area contributed by atoms with E-state index in [-0.39, 0.29) is 18.5 Å². The van der Waals surface area contributed by atoms with E-state index in [1.165, 1.54) is 4.31 Å². The molecule has 1 fully saturated rings. The van der Waals surface area contributed by atoms with Crippen molar-refractivity contribution in [2.24, 2.45) is 5.92 Å². The zero-order valence-corrected chi connectivity index (χ0v) is 11.6. The summed E-state index contributed by atoms with van der Waals surface area (Å²) in [6.45, 7) is 4.73. The highest BCUT2D eigenvalue weighted by molar-refractivity contribution is 7.88. The van der Waals surface area contributed by atoms with Crippen molar-refractivity contribution >= 4 is 15.9 Å². The highest BCUT2D eigenvalue weighted by Crippen LogP contribution is 2.28. The van der Waals surface area contributed by atoms with Crippen LogP contribution in [0.4, 0.5) is 0 Å². The number of sulfonamides is 1. The number of rotatable bonds is 7. The van der Waals surface area contributed by atoms with Gasteiger partial charge >= 0.3 is 0 Å². The van der Waals surface area contributed by atoms with Crippen molar-refractivity contribution in [3.8, 4) is 0 Å². The second-order valence-electron chi connectivity index (χ2n) is 5.07. The van der Waals surface area contributed by atoms with Gasteiger partial charge in [-0.1, -0.05) is 13.8 Å². The number of nitrogens with zero attached hydrogens (tertiary/aromatic N) is 1. The van der Waals surface area contributed by atoms with Crippen LogP contribution in [0.5, 0.6) is 0 Å². The summed E-state index contributed by atoms with van der Waals surface area (Å²) in [5, 5.41) is 2.75. The minimum atomic E-state index is -3.27. The molecule has 0 bridgehead atoms. The summed E-state index contributed by atoms with van der Waals surface area (Å²) >= 11 is 0. The molecule has 100 valence electrons. The van der Waals surface area contributed by atoms with Crippen LogP contribution in [0.15, 0.2) is 0 Å². The molecule has 5 nitrogen and oxygen atoms in total. The van der Waals surface area contributed by atoms with E-state index in [1.807, 2.05) is 0 Å². The molecule has 1 rings (SSSR count). The first-order valence-electron chi connectivity index (χ1n) is 6.04. The van der Waals surface area contributed by atoms with E-state index in [1.54, 1.807) is 0 Å². The number of amides is 1. The van der Waals surface area contributed by atoms with Crippen LogP contribution in [0.2, 0.25) is 0 Å². The lowest BCUT2D eigenvalue weighted by molar-refractivity contribution is -0.121. The van der Waals surface area contributed by atoms with Gasteiger partial charge in [0.15, 0.2) is 0 Å². The normalized spacial score (nSPS) is 16.5. The van der Waals surface area contributed by atoms with Crippen molar-refractivity contribution in [2.75, 3.05) is 19.3 Å². The van der Waals surface area contributed by atoms with E-state index in [2.05, 4.69) is 19.2 Å². The molecule has 0 aliphatic heterocycles. The van der Waals surface area contributed by atoms with Crippen LogP contribution in [0.1, 0.15) is 33.1 Å². The second kappa shape index (κ2) is 5.82. The van der Waals surface area contributed by atoms with E-state index in [9.17, 15) is 13.2 Å². The Morgan fingerprint density at radius 1 is 1.41 bits per heavy atom. The lowest BCUT2D eigenvalue weighted by Crippen LogP contribution is -2.41. The molecule has 0 aromatic carbocycles. The molecule has 0 atom stereocenters. The number of hydrogen-bond donors (Lipinski definition) is 1. The third-order valence-electron chi connectivity index (χ3n) is 2.72. The summed E-state index contributed by atoms with van der Waals surface area (Å²) in [7, 11) is -3.27. The third-order valence-corrected chi connectivity index (χ3v) is 4.00. The van der Waals surface area contributed by atoms with Crippen LogP contribution in [0.25, 0.3) is 0 Å². The maximum atomic E-state index is 11.6. The molecule has 0 radical (unpaired) electrons. The van der Waals surface area contributed by atoms with Gasteiger partial charge in [0, 0.05) is 12.6 Å². The number of carbonyl (C=O) groups excluding carboxylic acids is 1. The fourth-order valence-electron chi connectivity index (χ4n) is 1.58. The predicted molar refractivity (Wildman–Crippen MR) is 67.0 cm³/mol. The molecule has 6 heteroatoms. The summed E-state index contributed by atoms with van der Waals surface area (Å²) in [5.41, 5.74) is 0. The molecule has 0 saturated heterocycles. The summed E-state index contributed by atoms with van der Waals surface area (Å²) in [6.07, 6.45) is 3.81. The fraction of sp³-hybridized carbons (Fsp3) is 0.909. The Bertz CT molecular complexity index is 361. The molecule has 0 heterocycles. The minimum absolute atomic E-state index is 0.0401. The molecular weight excluding hydrogens is 240 g/mol. The molecule has 0 aromatic rings. The number of hydrogen-bond acceptors (Lipinski definition) is 3. The van der Waals surface area contributed by atoms with Crippen LogP contribution in [-0.4, -0.2) is 44.0 Å². The smallest absolute Gasteiger partial charge is 0.235 e. The van der Waals surface area contributed by atoms with E-state index in [0.29, 0.717) is 12.5 Å². The topological polar surface area (TPSA) is 66.5 Å². The third kappa shape index (κ3) is 5.50. The lowest BCUT2D eigenvalue weighted by Gasteiger charge is -2.18. The second-order valence-corrected chi connectivity index (χ2v) is 7.01. The molecule has 17 heavy (non-hydrogen) atoms. The highest BCUT2D eigenvalue weighted by atomic mass is 32.2. The Labute approximate surface area is 104 Å². The van der Waals surface area contributed by atoms with Gasteiger partial charge in [0.2, 0.25) is 15.9 Å². The van der Waals surface area contributed by atoms with Crippen LogP contribution in [0, 0.1) is 5.92 Å². The number of carbonyl (C=O) groups is 1. The predicted octanol–water partition coefficient (Wildman–Crippen LogP) is 0.573. The monoisotopic (exact) mass is 262 g/mol. The van der Waals surface area contributed by atoms with Crippen molar-refractivity contribution in [2.45, 2.75) is 39.2 Å². The van der Waals surface area contributed by atoms with E-state index >= 15 is 0 Å². The van der Waals surface area contributed by atoms with Crippen LogP contribution >= 0.6 is 0 Å². The van der Waals surface area contributed by atoms with Gasteiger partial charge in [-0.2, -0.15) is 4.31 Å². The molecule has 0 spiro atoms. The maximum Gasteiger partial charge on any atom is 0.235 e. The largest absolute Gasteiger partial charge is 0.355 e. The molecule has 1 amide bonds. The Kier molecular flexibility index (Phi) is 4.94. The standard InChI is InChI=1S/C11H22N2O3S/c1-9(2)6-7-12-11(14)8-13(10-4-5-10)17(3,15)16/h9-10H,4-8H2,1-3H3,(H,12,14). The number of nitrogens with one attached hydrogen (secondary N) is 1. The van der Waals surface area contributed by atoms with Gasteiger partial charge in [0.1, 0.15) is 0 Å². The van der Waals surface area contributed by atoms with E-state index < -0.39 is 10.0 Å². The average molecular weight is 262 g/mol. The minimum Gasteiger partial charge on any atom is -0.355 e. The average Bonchev–Trinajstić information content (AvgIpc) is 2.94. The van der Waals surface area contributed by atoms with Gasteiger partial charge in [0.25, 0.3) is 0 Å². The van der Waals surface area contributed by atoms with Crippen LogP contribution in [-0.2, 0) is 14.8 Å². The van der Waals surface area contributed by atoms with Gasteiger partial charge in [-0.3, -0.25) is 4.79 Å². The van der Waals surface area contributed by atoms with Gasteiger partial charge in [-0.15, -0.1) is 0 Å². The summed E-state index contributed by atoms with van der Waals surface area (Å²) < 4.78 is 24.3. The molecule has 1 saturated carbocycles. The van der Waals surface area contributed by atoms with Crippen molar-refractivity contribution < 1.29 is 13.2 Å². The summed E-state index contributed by atoms with van der Waals surface area (Å²) in [6, 6.07) is 0.0425. The Morgan fingerprint density at radius 3 is 2.41 bits per heavy atom. The van der Waals surface area contributed by atoms with Crippen molar-refractivity contribution in [3.63, 3.8) is 0 Å². The zero-order chi connectivity index (χ0) is 13.1. The van der Waals surface area contributed by atoms with Gasteiger partial charge in [0.05, 0.1) is 12.8 Å². The lowest BCUT2D eigenvalue weighted by atomic mass is 10.1. The van der Waals surface area contributed by atoms with E-state index in [0.717, 1.165) is 25.5 Å². The molecule has 1 aliphatic carbocycles. The first kappa shape index (κ1) is 14.4. The van der Waals surface area contributed by atoms with E-state index in [4.69, 9.17) is 0 Å². The zero-order valence-electron chi connectivity index (χ0n) is 10.8. The quantitative estimate of drug-likeness (QED) is 0.729. The molecule has 0 aromatic heterocycles. The van der Waals surface area contributed by atoms with Crippen molar-refractivity contribution in [3.05, 3.63) is 0 Å².